The van der Waals surface area contributed by atoms with Gasteiger partial charge in [0, 0.05) is 26.6 Å². The Bertz CT molecular complexity index is 1000. The van der Waals surface area contributed by atoms with Crippen LogP contribution in [0.2, 0.25) is 0 Å². The van der Waals surface area contributed by atoms with Gasteiger partial charge in [-0.15, -0.1) is 0 Å². The molecule has 0 radical (unpaired) electrons. The summed E-state index contributed by atoms with van der Waals surface area (Å²) in [5, 5.41) is 6.76. The Morgan fingerprint density at radius 3 is 2.66 bits per heavy atom. The number of nitrogens with one attached hydrogen (secondary N) is 1. The Balaban J connectivity index is 1.61. The highest BCUT2D eigenvalue weighted by molar-refractivity contribution is 6.02. The number of nitrogens with zero attached hydrogens (tertiary/aromatic N) is 3. The maximum atomic E-state index is 12.8. The molecule has 1 aromatic heterocycles. The molecule has 1 aromatic carbocycles. The van der Waals surface area contributed by atoms with Gasteiger partial charge in [-0.3, -0.25) is 14.3 Å². The molecule has 1 saturated heterocycles. The Morgan fingerprint density at radius 1 is 1.22 bits per heavy atom. The van der Waals surface area contributed by atoms with E-state index in [1.165, 1.54) is 10.9 Å². The van der Waals surface area contributed by atoms with Crippen molar-refractivity contribution in [2.75, 3.05) is 39.2 Å². The summed E-state index contributed by atoms with van der Waals surface area (Å²) in [6.07, 6.45) is 2.09. The number of carbonyl (C=O) groups is 3. The number of anilines is 1. The van der Waals surface area contributed by atoms with E-state index in [0.29, 0.717) is 31.0 Å². The summed E-state index contributed by atoms with van der Waals surface area (Å²) < 4.78 is 17.0. The molecular formula is C22H28N4O6. The second-order valence-electron chi connectivity index (χ2n) is 7.42. The molecule has 1 aliphatic rings. The van der Waals surface area contributed by atoms with Crippen LogP contribution in [0.25, 0.3) is 0 Å². The zero-order chi connectivity index (χ0) is 23.3. The molecule has 1 unspecified atom stereocenters. The van der Waals surface area contributed by atoms with E-state index in [1.807, 2.05) is 18.2 Å². The highest BCUT2D eigenvalue weighted by Crippen LogP contribution is 2.28. The van der Waals surface area contributed by atoms with Crippen LogP contribution < -0.4 is 14.8 Å². The van der Waals surface area contributed by atoms with Gasteiger partial charge in [0.15, 0.2) is 11.5 Å². The van der Waals surface area contributed by atoms with Gasteiger partial charge in [0.1, 0.15) is 11.4 Å². The third-order valence-electron chi connectivity index (χ3n) is 5.38. The summed E-state index contributed by atoms with van der Waals surface area (Å²) in [5.74, 6) is 0.0333. The van der Waals surface area contributed by atoms with Crippen LogP contribution in [-0.4, -0.2) is 66.4 Å². The molecule has 3 rings (SSSR count). The van der Waals surface area contributed by atoms with Crippen molar-refractivity contribution in [3.8, 4) is 11.5 Å². The molecule has 2 aromatic rings. The number of hydrogen-bond donors (Lipinski definition) is 1. The molecule has 0 bridgehead atoms. The van der Waals surface area contributed by atoms with Gasteiger partial charge in [-0.05, 0) is 31.0 Å². The topological polar surface area (TPSA) is 112 Å². The summed E-state index contributed by atoms with van der Waals surface area (Å²) in [6.45, 7) is 2.71. The summed E-state index contributed by atoms with van der Waals surface area (Å²) in [6, 6.07) is 5.62. The maximum absolute atomic E-state index is 12.8. The molecule has 1 aliphatic heterocycles. The van der Waals surface area contributed by atoms with Crippen molar-refractivity contribution >= 4 is 23.6 Å². The van der Waals surface area contributed by atoms with Gasteiger partial charge < -0.3 is 24.4 Å². The number of benzene rings is 1. The van der Waals surface area contributed by atoms with E-state index in [1.54, 1.807) is 33.1 Å². The lowest BCUT2D eigenvalue weighted by Crippen LogP contribution is -2.30. The van der Waals surface area contributed by atoms with E-state index in [4.69, 9.17) is 14.2 Å². The lowest BCUT2D eigenvalue weighted by Gasteiger charge is -2.17. The number of carbonyl (C=O) groups excluding carboxylic acids is 3. The van der Waals surface area contributed by atoms with Crippen molar-refractivity contribution < 1.29 is 28.6 Å². The molecule has 1 fully saturated rings. The van der Waals surface area contributed by atoms with Crippen molar-refractivity contribution in [2.45, 2.75) is 19.8 Å². The monoisotopic (exact) mass is 444 g/mol. The van der Waals surface area contributed by atoms with Crippen LogP contribution in [0, 0.1) is 5.92 Å². The SMILES string of the molecule is CCOC(=O)c1cnn(C)c1NC(=O)C1CC(=O)N(CCc2ccc(OC)c(OC)c2)C1. The highest BCUT2D eigenvalue weighted by atomic mass is 16.5. The second-order valence-corrected chi connectivity index (χ2v) is 7.42. The summed E-state index contributed by atoms with van der Waals surface area (Å²) in [4.78, 5) is 39.0. The second kappa shape index (κ2) is 10.2. The first-order valence-electron chi connectivity index (χ1n) is 10.4. The average Bonchev–Trinajstić information content (AvgIpc) is 3.34. The van der Waals surface area contributed by atoms with Crippen LogP contribution >= 0.6 is 0 Å². The minimum atomic E-state index is -0.560. The number of hydrogen-bond acceptors (Lipinski definition) is 7. The number of methoxy groups -OCH3 is 2. The van der Waals surface area contributed by atoms with Crippen LogP contribution in [-0.2, 0) is 27.8 Å². The minimum absolute atomic E-state index is 0.0822. The van der Waals surface area contributed by atoms with Crippen LogP contribution in [0.1, 0.15) is 29.3 Å². The van der Waals surface area contributed by atoms with Gasteiger partial charge in [-0.2, -0.15) is 5.10 Å². The fourth-order valence-electron chi connectivity index (χ4n) is 3.63. The number of aromatic nitrogens is 2. The molecule has 1 atom stereocenters. The third kappa shape index (κ3) is 5.01. The average molecular weight is 444 g/mol. The van der Waals surface area contributed by atoms with Crippen molar-refractivity contribution in [3.05, 3.63) is 35.5 Å². The van der Waals surface area contributed by atoms with Crippen molar-refractivity contribution in [2.24, 2.45) is 13.0 Å². The first-order valence-corrected chi connectivity index (χ1v) is 10.4. The zero-order valence-corrected chi connectivity index (χ0v) is 18.7. The van der Waals surface area contributed by atoms with Crippen LogP contribution in [0.15, 0.2) is 24.4 Å². The van der Waals surface area contributed by atoms with E-state index in [2.05, 4.69) is 10.4 Å². The number of amides is 2. The Labute approximate surface area is 186 Å². The van der Waals surface area contributed by atoms with Crippen LogP contribution in [0.3, 0.4) is 0 Å². The van der Waals surface area contributed by atoms with Gasteiger partial charge in [-0.1, -0.05) is 6.07 Å². The van der Waals surface area contributed by atoms with E-state index >= 15 is 0 Å². The smallest absolute Gasteiger partial charge is 0.343 e. The number of rotatable bonds is 9. The van der Waals surface area contributed by atoms with E-state index < -0.39 is 11.9 Å². The van der Waals surface area contributed by atoms with Gasteiger partial charge in [-0.25, -0.2) is 4.79 Å². The standard InChI is InChI=1S/C22H28N4O6/c1-5-32-22(29)16-12-23-25(2)20(16)24-21(28)15-11-19(27)26(13-15)9-8-14-6-7-17(30-3)18(10-14)31-4/h6-7,10,12,15H,5,8-9,11,13H2,1-4H3,(H,24,28). The molecule has 0 aliphatic carbocycles. The lowest BCUT2D eigenvalue weighted by atomic mass is 10.1. The molecule has 32 heavy (non-hydrogen) atoms. The first kappa shape index (κ1) is 23.1. The molecule has 10 heteroatoms. The van der Waals surface area contributed by atoms with Crippen molar-refractivity contribution in [3.63, 3.8) is 0 Å². The fraction of sp³-hybridized carbons (Fsp3) is 0.455. The Morgan fingerprint density at radius 2 is 1.97 bits per heavy atom. The number of ether oxygens (including phenoxy) is 3. The lowest BCUT2D eigenvalue weighted by molar-refractivity contribution is -0.128. The highest BCUT2D eigenvalue weighted by Gasteiger charge is 2.35. The van der Waals surface area contributed by atoms with E-state index in [9.17, 15) is 14.4 Å². The van der Waals surface area contributed by atoms with Crippen molar-refractivity contribution in [1.82, 2.24) is 14.7 Å². The van der Waals surface area contributed by atoms with Gasteiger partial charge in [0.2, 0.25) is 11.8 Å². The molecule has 10 nitrogen and oxygen atoms in total. The molecule has 0 spiro atoms. The fourth-order valence-corrected chi connectivity index (χ4v) is 3.63. The van der Waals surface area contributed by atoms with Crippen molar-refractivity contribution in [1.29, 1.82) is 0 Å². The van der Waals surface area contributed by atoms with Gasteiger partial charge in [0.05, 0.1) is 32.9 Å². The van der Waals surface area contributed by atoms with Crippen LogP contribution in [0.5, 0.6) is 11.5 Å². The predicted molar refractivity (Wildman–Crippen MR) is 116 cm³/mol. The zero-order valence-electron chi connectivity index (χ0n) is 18.7. The van der Waals surface area contributed by atoms with Gasteiger partial charge >= 0.3 is 5.97 Å². The molecular weight excluding hydrogens is 416 g/mol. The molecule has 1 N–H and O–H groups in total. The number of likely N-dealkylation sites (tertiary alicyclic amines) is 1. The van der Waals surface area contributed by atoms with Gasteiger partial charge in [0.25, 0.3) is 0 Å². The number of esters is 1. The predicted octanol–water partition coefficient (Wildman–Crippen LogP) is 1.64. The molecule has 172 valence electrons. The maximum Gasteiger partial charge on any atom is 0.343 e. The summed E-state index contributed by atoms with van der Waals surface area (Å²) in [5.41, 5.74) is 1.18. The third-order valence-corrected chi connectivity index (χ3v) is 5.38. The molecule has 0 saturated carbocycles. The normalized spacial score (nSPS) is 15.6. The summed E-state index contributed by atoms with van der Waals surface area (Å²) in [7, 11) is 4.77. The molecule has 2 amide bonds. The largest absolute Gasteiger partial charge is 0.493 e. The first-order chi connectivity index (χ1) is 15.4. The molecule has 2 heterocycles. The Kier molecular flexibility index (Phi) is 7.34. The minimum Gasteiger partial charge on any atom is -0.493 e. The Hall–Kier alpha value is -3.56. The summed E-state index contributed by atoms with van der Waals surface area (Å²) >= 11 is 0. The van der Waals surface area contributed by atoms with E-state index in [-0.39, 0.29) is 36.2 Å². The van der Waals surface area contributed by atoms with Crippen LogP contribution in [0.4, 0.5) is 5.82 Å². The van der Waals surface area contributed by atoms with E-state index in [0.717, 1.165) is 5.56 Å². The number of aryl methyl sites for hydroxylation is 1. The quantitative estimate of drug-likeness (QED) is 0.585.